The number of nitrogens with zero attached hydrogens (tertiary/aromatic N) is 3. The van der Waals surface area contributed by atoms with E-state index in [9.17, 15) is 0 Å². The van der Waals surface area contributed by atoms with Crippen molar-refractivity contribution >= 4 is 0 Å². The lowest BCUT2D eigenvalue weighted by Crippen LogP contribution is -2.37. The van der Waals surface area contributed by atoms with Gasteiger partial charge in [0, 0.05) is 13.6 Å². The SMILES string of the molecule is CCN1CCC(CNCc2cc(C)nn2C)CC1. The number of likely N-dealkylation sites (tertiary alicyclic amines) is 1. The second kappa shape index (κ2) is 6.34. The van der Waals surface area contributed by atoms with Crippen LogP contribution >= 0.6 is 0 Å². The highest BCUT2D eigenvalue weighted by Gasteiger charge is 2.17. The normalized spacial score (nSPS) is 18.4. The Bertz CT molecular complexity index is 364. The summed E-state index contributed by atoms with van der Waals surface area (Å²) in [5.41, 5.74) is 2.38. The van der Waals surface area contributed by atoms with Crippen molar-refractivity contribution in [1.29, 1.82) is 0 Å². The summed E-state index contributed by atoms with van der Waals surface area (Å²) < 4.78 is 1.97. The first kappa shape index (κ1) is 13.6. The predicted molar refractivity (Wildman–Crippen MR) is 74.5 cm³/mol. The molecule has 1 saturated heterocycles. The average molecular weight is 250 g/mol. The van der Waals surface area contributed by atoms with Gasteiger partial charge in [-0.1, -0.05) is 6.92 Å². The number of aryl methyl sites for hydroxylation is 2. The van der Waals surface area contributed by atoms with E-state index in [1.165, 1.54) is 38.2 Å². The number of piperidine rings is 1. The number of rotatable bonds is 5. The van der Waals surface area contributed by atoms with Gasteiger partial charge in [-0.3, -0.25) is 4.68 Å². The van der Waals surface area contributed by atoms with Gasteiger partial charge >= 0.3 is 0 Å². The molecule has 0 saturated carbocycles. The van der Waals surface area contributed by atoms with Crippen LogP contribution in [-0.4, -0.2) is 40.9 Å². The first-order valence-electron chi connectivity index (χ1n) is 7.11. The van der Waals surface area contributed by atoms with Gasteiger partial charge in [0.05, 0.1) is 11.4 Å². The lowest BCUT2D eigenvalue weighted by Gasteiger charge is -2.31. The van der Waals surface area contributed by atoms with Crippen LogP contribution in [-0.2, 0) is 13.6 Å². The summed E-state index contributed by atoms with van der Waals surface area (Å²) >= 11 is 0. The summed E-state index contributed by atoms with van der Waals surface area (Å²) in [6, 6.07) is 2.16. The Hall–Kier alpha value is -0.870. The lowest BCUT2D eigenvalue weighted by atomic mass is 9.97. The second-order valence-corrected chi connectivity index (χ2v) is 5.41. The summed E-state index contributed by atoms with van der Waals surface area (Å²) in [4.78, 5) is 2.54. The summed E-state index contributed by atoms with van der Waals surface area (Å²) in [5.74, 6) is 0.849. The molecule has 2 rings (SSSR count). The Morgan fingerprint density at radius 1 is 1.39 bits per heavy atom. The van der Waals surface area contributed by atoms with Crippen molar-refractivity contribution < 1.29 is 0 Å². The second-order valence-electron chi connectivity index (χ2n) is 5.41. The topological polar surface area (TPSA) is 33.1 Å². The van der Waals surface area contributed by atoms with E-state index in [2.05, 4.69) is 28.3 Å². The Balaban J connectivity index is 1.68. The molecule has 0 aromatic carbocycles. The minimum Gasteiger partial charge on any atom is -0.311 e. The van der Waals surface area contributed by atoms with E-state index in [0.29, 0.717) is 0 Å². The first-order valence-corrected chi connectivity index (χ1v) is 7.11. The summed E-state index contributed by atoms with van der Waals surface area (Å²) in [7, 11) is 2.02. The van der Waals surface area contributed by atoms with Crippen molar-refractivity contribution in [2.45, 2.75) is 33.2 Å². The quantitative estimate of drug-likeness (QED) is 0.861. The minimum absolute atomic E-state index is 0.849. The molecular formula is C14H26N4. The molecule has 0 radical (unpaired) electrons. The molecule has 0 unspecified atom stereocenters. The third kappa shape index (κ3) is 3.56. The summed E-state index contributed by atoms with van der Waals surface area (Å²) in [5, 5.41) is 7.95. The molecule has 1 aromatic rings. The molecule has 4 nitrogen and oxygen atoms in total. The summed E-state index contributed by atoms with van der Waals surface area (Å²) in [6.07, 6.45) is 2.68. The molecule has 18 heavy (non-hydrogen) atoms. The Morgan fingerprint density at radius 3 is 2.67 bits per heavy atom. The van der Waals surface area contributed by atoms with Gasteiger partial charge in [0.1, 0.15) is 0 Å². The zero-order valence-corrected chi connectivity index (χ0v) is 11.9. The van der Waals surface area contributed by atoms with Crippen LogP contribution in [0.1, 0.15) is 31.2 Å². The average Bonchev–Trinajstić information content (AvgIpc) is 2.69. The van der Waals surface area contributed by atoms with Crippen molar-refractivity contribution in [3.63, 3.8) is 0 Å². The highest BCUT2D eigenvalue weighted by molar-refractivity contribution is 5.08. The van der Waals surface area contributed by atoms with Crippen molar-refractivity contribution in [1.82, 2.24) is 20.0 Å². The molecule has 0 aliphatic carbocycles. The fourth-order valence-electron chi connectivity index (χ4n) is 2.74. The van der Waals surface area contributed by atoms with Crippen molar-refractivity contribution in [3.05, 3.63) is 17.5 Å². The minimum atomic E-state index is 0.849. The monoisotopic (exact) mass is 250 g/mol. The third-order valence-electron chi connectivity index (χ3n) is 3.99. The largest absolute Gasteiger partial charge is 0.311 e. The molecule has 1 fully saturated rings. The van der Waals surface area contributed by atoms with Gasteiger partial charge in [-0.2, -0.15) is 5.10 Å². The van der Waals surface area contributed by atoms with Crippen LogP contribution in [0.25, 0.3) is 0 Å². The smallest absolute Gasteiger partial charge is 0.0597 e. The van der Waals surface area contributed by atoms with E-state index in [1.54, 1.807) is 0 Å². The number of hydrogen-bond acceptors (Lipinski definition) is 3. The molecule has 4 heteroatoms. The fraction of sp³-hybridized carbons (Fsp3) is 0.786. The number of hydrogen-bond donors (Lipinski definition) is 1. The molecule has 0 amide bonds. The van der Waals surface area contributed by atoms with E-state index < -0.39 is 0 Å². The molecule has 1 aliphatic heterocycles. The molecule has 102 valence electrons. The van der Waals surface area contributed by atoms with Gasteiger partial charge < -0.3 is 10.2 Å². The first-order chi connectivity index (χ1) is 8.69. The van der Waals surface area contributed by atoms with Crippen molar-refractivity contribution in [2.24, 2.45) is 13.0 Å². The molecule has 1 aliphatic rings. The highest BCUT2D eigenvalue weighted by atomic mass is 15.3. The molecule has 1 aromatic heterocycles. The maximum Gasteiger partial charge on any atom is 0.0597 e. The summed E-state index contributed by atoms with van der Waals surface area (Å²) in [6.45, 7) is 10.1. The van der Waals surface area contributed by atoms with E-state index in [1.807, 2.05) is 18.7 Å². The standard InChI is InChI=1S/C14H26N4/c1-4-18-7-5-13(6-8-18)10-15-11-14-9-12(2)16-17(14)3/h9,13,15H,4-8,10-11H2,1-3H3. The van der Waals surface area contributed by atoms with Crippen molar-refractivity contribution in [3.8, 4) is 0 Å². The Labute approximate surface area is 110 Å². The van der Waals surface area contributed by atoms with Crippen LogP contribution < -0.4 is 5.32 Å². The molecule has 1 N–H and O–H groups in total. The Kier molecular flexibility index (Phi) is 4.78. The molecular weight excluding hydrogens is 224 g/mol. The van der Waals surface area contributed by atoms with E-state index >= 15 is 0 Å². The van der Waals surface area contributed by atoms with Crippen LogP contribution in [0, 0.1) is 12.8 Å². The van der Waals surface area contributed by atoms with Gasteiger partial charge in [0.25, 0.3) is 0 Å². The third-order valence-corrected chi connectivity index (χ3v) is 3.99. The lowest BCUT2D eigenvalue weighted by molar-refractivity contribution is 0.190. The fourth-order valence-corrected chi connectivity index (χ4v) is 2.74. The van der Waals surface area contributed by atoms with Crippen LogP contribution in [0.2, 0.25) is 0 Å². The number of nitrogens with one attached hydrogen (secondary N) is 1. The zero-order valence-electron chi connectivity index (χ0n) is 11.9. The van der Waals surface area contributed by atoms with Crippen LogP contribution in [0.15, 0.2) is 6.07 Å². The van der Waals surface area contributed by atoms with Crippen LogP contribution in [0.3, 0.4) is 0 Å². The van der Waals surface area contributed by atoms with Gasteiger partial charge in [0.15, 0.2) is 0 Å². The van der Waals surface area contributed by atoms with Crippen molar-refractivity contribution in [2.75, 3.05) is 26.2 Å². The van der Waals surface area contributed by atoms with Gasteiger partial charge in [0.2, 0.25) is 0 Å². The molecule has 0 spiro atoms. The maximum absolute atomic E-state index is 4.37. The van der Waals surface area contributed by atoms with Gasteiger partial charge in [-0.15, -0.1) is 0 Å². The van der Waals surface area contributed by atoms with Gasteiger partial charge in [-0.25, -0.2) is 0 Å². The van der Waals surface area contributed by atoms with Crippen LogP contribution in [0.4, 0.5) is 0 Å². The van der Waals surface area contributed by atoms with E-state index in [4.69, 9.17) is 0 Å². The van der Waals surface area contributed by atoms with Gasteiger partial charge in [-0.05, 0) is 57.9 Å². The predicted octanol–water partition coefficient (Wildman–Crippen LogP) is 1.55. The highest BCUT2D eigenvalue weighted by Crippen LogP contribution is 2.16. The zero-order chi connectivity index (χ0) is 13.0. The van der Waals surface area contributed by atoms with E-state index in [-0.39, 0.29) is 0 Å². The Morgan fingerprint density at radius 2 is 2.11 bits per heavy atom. The molecule has 0 atom stereocenters. The number of aromatic nitrogens is 2. The maximum atomic E-state index is 4.37. The molecule has 2 heterocycles. The van der Waals surface area contributed by atoms with E-state index in [0.717, 1.165) is 24.7 Å². The van der Waals surface area contributed by atoms with Crippen LogP contribution in [0.5, 0.6) is 0 Å². The molecule has 0 bridgehead atoms.